The van der Waals surface area contributed by atoms with Crippen LogP contribution in [-0.4, -0.2) is 47.3 Å². The Kier molecular flexibility index (Phi) is 3.33. The molecule has 146 valence electrons. The van der Waals surface area contributed by atoms with Crippen LogP contribution in [0.3, 0.4) is 0 Å². The number of alkyl halides is 2. The van der Waals surface area contributed by atoms with Crippen LogP contribution in [0.1, 0.15) is 16.8 Å². The Morgan fingerprint density at radius 1 is 1.21 bits per heavy atom. The number of H-pyrrole nitrogens is 1. The number of hydrogen-bond donors (Lipinski definition) is 2. The number of amides is 1. The van der Waals surface area contributed by atoms with Gasteiger partial charge in [-0.2, -0.15) is 0 Å². The van der Waals surface area contributed by atoms with Gasteiger partial charge in [-0.05, 0) is 18.6 Å². The standard InChI is InChI=1S/C17H15F2N5O4/c18-17(19)27-12-2-1-8(4-13(12)28-17)23-6-10-3-9(23)7-24(10)16-21-5-11(14(20)25)15(26)22-16/h1-2,4-5,9-10H,3,6-7H2,(H2,20,25)(H,21,22,26)/t9-,10-/m0/s1. The zero-order valence-corrected chi connectivity index (χ0v) is 14.4. The Labute approximate surface area is 156 Å². The monoisotopic (exact) mass is 391 g/mol. The van der Waals surface area contributed by atoms with E-state index >= 15 is 0 Å². The van der Waals surface area contributed by atoms with E-state index in [1.165, 1.54) is 12.3 Å². The number of nitrogens with two attached hydrogens (primary N) is 1. The number of carbonyl (C=O) groups is 1. The molecule has 4 heterocycles. The lowest BCUT2D eigenvalue weighted by atomic mass is 10.2. The number of nitrogens with zero attached hydrogens (tertiary/aromatic N) is 3. The molecule has 5 rings (SSSR count). The number of anilines is 2. The molecular weight excluding hydrogens is 376 g/mol. The number of benzene rings is 1. The average Bonchev–Trinajstić information content (AvgIpc) is 3.30. The third-order valence-electron chi connectivity index (χ3n) is 5.28. The molecule has 2 atom stereocenters. The first-order chi connectivity index (χ1) is 13.3. The van der Waals surface area contributed by atoms with Crippen LogP contribution >= 0.6 is 0 Å². The molecule has 3 aliphatic rings. The summed E-state index contributed by atoms with van der Waals surface area (Å²) in [6, 6.07) is 4.93. The van der Waals surface area contributed by atoms with Crippen LogP contribution in [0.2, 0.25) is 0 Å². The zero-order chi connectivity index (χ0) is 19.6. The first-order valence-electron chi connectivity index (χ1n) is 8.63. The van der Waals surface area contributed by atoms with Crippen LogP contribution in [0.4, 0.5) is 20.4 Å². The molecule has 9 nitrogen and oxygen atoms in total. The molecule has 0 unspecified atom stereocenters. The number of aromatic nitrogens is 2. The normalized spacial score (nSPS) is 24.1. The topological polar surface area (TPSA) is 114 Å². The van der Waals surface area contributed by atoms with Crippen molar-refractivity contribution in [3.63, 3.8) is 0 Å². The number of carbonyl (C=O) groups excluding carboxylic acids is 1. The van der Waals surface area contributed by atoms with E-state index in [0.29, 0.717) is 19.0 Å². The van der Waals surface area contributed by atoms with Gasteiger partial charge in [0, 0.05) is 37.1 Å². The molecule has 3 N–H and O–H groups in total. The van der Waals surface area contributed by atoms with Gasteiger partial charge in [0.15, 0.2) is 11.5 Å². The maximum atomic E-state index is 13.2. The van der Waals surface area contributed by atoms with Crippen molar-refractivity contribution in [1.82, 2.24) is 9.97 Å². The molecular formula is C17H15F2N5O4. The third-order valence-corrected chi connectivity index (χ3v) is 5.28. The van der Waals surface area contributed by atoms with Gasteiger partial charge in [0.05, 0.1) is 6.04 Å². The largest absolute Gasteiger partial charge is 0.586 e. The lowest BCUT2D eigenvalue weighted by Gasteiger charge is -2.35. The molecule has 2 bridgehead atoms. The van der Waals surface area contributed by atoms with Crippen LogP contribution in [0.25, 0.3) is 0 Å². The van der Waals surface area contributed by atoms with Crippen molar-refractivity contribution < 1.29 is 23.0 Å². The second kappa shape index (κ2) is 5.57. The Morgan fingerprint density at radius 3 is 2.61 bits per heavy atom. The second-order valence-corrected chi connectivity index (χ2v) is 6.96. The first-order valence-corrected chi connectivity index (χ1v) is 8.63. The van der Waals surface area contributed by atoms with Gasteiger partial charge in [-0.15, -0.1) is 8.78 Å². The van der Waals surface area contributed by atoms with Crippen molar-refractivity contribution in [1.29, 1.82) is 0 Å². The number of primary amides is 1. The molecule has 3 aliphatic heterocycles. The highest BCUT2D eigenvalue weighted by Gasteiger charge is 2.46. The van der Waals surface area contributed by atoms with Gasteiger partial charge >= 0.3 is 6.29 Å². The van der Waals surface area contributed by atoms with Gasteiger partial charge in [-0.3, -0.25) is 14.6 Å². The van der Waals surface area contributed by atoms with Gasteiger partial charge in [0.25, 0.3) is 11.5 Å². The van der Waals surface area contributed by atoms with Gasteiger partial charge in [-0.25, -0.2) is 4.98 Å². The number of rotatable bonds is 3. The highest BCUT2D eigenvalue weighted by molar-refractivity contribution is 5.92. The second-order valence-electron chi connectivity index (χ2n) is 6.96. The minimum atomic E-state index is -3.64. The fourth-order valence-electron chi connectivity index (χ4n) is 4.07. The number of nitrogens with one attached hydrogen (secondary N) is 1. The number of ether oxygens (including phenoxy) is 2. The Balaban J connectivity index is 1.35. The summed E-state index contributed by atoms with van der Waals surface area (Å²) in [6.07, 6.45) is -1.64. The van der Waals surface area contributed by atoms with E-state index in [-0.39, 0.29) is 29.1 Å². The first kappa shape index (κ1) is 16.8. The van der Waals surface area contributed by atoms with Gasteiger partial charge < -0.3 is 25.0 Å². The number of piperazine rings is 1. The molecule has 2 aromatic rings. The fraction of sp³-hybridized carbons (Fsp3) is 0.353. The molecule has 0 radical (unpaired) electrons. The van der Waals surface area contributed by atoms with Crippen molar-refractivity contribution in [3.05, 3.63) is 40.3 Å². The number of fused-ring (bicyclic) bond motifs is 3. The van der Waals surface area contributed by atoms with Crippen LogP contribution in [0.15, 0.2) is 29.2 Å². The molecule has 28 heavy (non-hydrogen) atoms. The predicted octanol–water partition coefficient (Wildman–Crippen LogP) is 0.658. The van der Waals surface area contributed by atoms with E-state index < -0.39 is 17.8 Å². The molecule has 11 heteroatoms. The summed E-state index contributed by atoms with van der Waals surface area (Å²) in [6.45, 7) is 1.22. The maximum absolute atomic E-state index is 13.2. The Bertz CT molecular complexity index is 1040. The van der Waals surface area contributed by atoms with Crippen molar-refractivity contribution in [2.24, 2.45) is 5.73 Å². The van der Waals surface area contributed by atoms with Crippen LogP contribution in [0.5, 0.6) is 11.5 Å². The third kappa shape index (κ3) is 2.53. The highest BCUT2D eigenvalue weighted by Crippen LogP contribution is 2.44. The van der Waals surface area contributed by atoms with Crippen molar-refractivity contribution in [2.45, 2.75) is 24.8 Å². The lowest BCUT2D eigenvalue weighted by molar-refractivity contribution is -0.286. The molecule has 0 spiro atoms. The summed E-state index contributed by atoms with van der Waals surface area (Å²) in [5.74, 6) is -0.429. The van der Waals surface area contributed by atoms with Gasteiger partial charge in [0.1, 0.15) is 5.56 Å². The molecule has 2 fully saturated rings. The smallest absolute Gasteiger partial charge is 0.395 e. The van der Waals surface area contributed by atoms with Gasteiger partial charge in [0.2, 0.25) is 5.95 Å². The zero-order valence-electron chi connectivity index (χ0n) is 14.4. The molecule has 0 saturated carbocycles. The maximum Gasteiger partial charge on any atom is 0.586 e. The van der Waals surface area contributed by atoms with E-state index in [0.717, 1.165) is 12.1 Å². The summed E-state index contributed by atoms with van der Waals surface area (Å²) in [4.78, 5) is 34.0. The van der Waals surface area contributed by atoms with E-state index in [9.17, 15) is 18.4 Å². The van der Waals surface area contributed by atoms with Crippen molar-refractivity contribution in [2.75, 3.05) is 22.9 Å². The van der Waals surface area contributed by atoms with E-state index in [2.05, 4.69) is 24.3 Å². The van der Waals surface area contributed by atoms with E-state index in [4.69, 9.17) is 5.73 Å². The minimum absolute atomic E-state index is 0.00941. The molecule has 0 aliphatic carbocycles. The number of aromatic amines is 1. The Morgan fingerprint density at radius 2 is 1.93 bits per heavy atom. The van der Waals surface area contributed by atoms with Crippen LogP contribution < -0.4 is 30.6 Å². The van der Waals surface area contributed by atoms with E-state index in [1.807, 2.05) is 4.90 Å². The lowest BCUT2D eigenvalue weighted by Crippen LogP contribution is -2.47. The molecule has 1 aromatic carbocycles. The highest BCUT2D eigenvalue weighted by atomic mass is 19.3. The van der Waals surface area contributed by atoms with Crippen molar-refractivity contribution >= 4 is 17.5 Å². The molecule has 1 amide bonds. The average molecular weight is 391 g/mol. The molecule has 2 saturated heterocycles. The van der Waals surface area contributed by atoms with Crippen molar-refractivity contribution in [3.8, 4) is 11.5 Å². The van der Waals surface area contributed by atoms with Gasteiger partial charge in [-0.1, -0.05) is 0 Å². The summed E-state index contributed by atoms with van der Waals surface area (Å²) in [5.41, 5.74) is 5.13. The summed E-state index contributed by atoms with van der Waals surface area (Å²) in [7, 11) is 0. The minimum Gasteiger partial charge on any atom is -0.395 e. The fourth-order valence-corrected chi connectivity index (χ4v) is 4.07. The van der Waals surface area contributed by atoms with Crippen LogP contribution in [0, 0.1) is 0 Å². The molecule has 1 aromatic heterocycles. The quantitative estimate of drug-likeness (QED) is 0.790. The number of hydrogen-bond acceptors (Lipinski definition) is 7. The Hall–Kier alpha value is -3.37. The number of halogens is 2. The SMILES string of the molecule is NC(=O)c1cnc(N2C[C@@H]3C[C@H]2CN3c2ccc3c(c2)OC(F)(F)O3)[nH]c1=O. The summed E-state index contributed by atoms with van der Waals surface area (Å²) in [5, 5.41) is 0. The van der Waals surface area contributed by atoms with Crippen LogP contribution in [-0.2, 0) is 0 Å². The summed E-state index contributed by atoms with van der Waals surface area (Å²) < 4.78 is 35.4. The van der Waals surface area contributed by atoms with E-state index in [1.54, 1.807) is 12.1 Å². The summed E-state index contributed by atoms with van der Waals surface area (Å²) >= 11 is 0. The predicted molar refractivity (Wildman–Crippen MR) is 92.9 cm³/mol.